The van der Waals surface area contributed by atoms with Crippen LogP contribution in [-0.4, -0.2) is 65.9 Å². The van der Waals surface area contributed by atoms with Crippen molar-refractivity contribution in [3.8, 4) is 0 Å². The molecule has 0 aromatic heterocycles. The van der Waals surface area contributed by atoms with Gasteiger partial charge < -0.3 is 14.4 Å². The molecule has 4 aliphatic rings. The van der Waals surface area contributed by atoms with Crippen LogP contribution in [0.15, 0.2) is 0 Å². The van der Waals surface area contributed by atoms with Crippen molar-refractivity contribution in [3.63, 3.8) is 0 Å². The topological polar surface area (TPSA) is 42.0 Å². The van der Waals surface area contributed by atoms with E-state index in [1.807, 2.05) is 20.8 Å². The number of carbonyl (C=O) groups excluding carboxylic acids is 1. The number of rotatable bonds is 1. The van der Waals surface area contributed by atoms with Gasteiger partial charge in [-0.2, -0.15) is 0 Å². The molecule has 4 rings (SSSR count). The van der Waals surface area contributed by atoms with Gasteiger partial charge in [0.2, 0.25) is 0 Å². The van der Waals surface area contributed by atoms with Crippen LogP contribution in [0.2, 0.25) is 0 Å². The molecular formula is C19H32N2O3. The summed E-state index contributed by atoms with van der Waals surface area (Å²) in [6.45, 7) is 9.79. The molecule has 1 amide bonds. The minimum Gasteiger partial charge on any atom is -0.444 e. The van der Waals surface area contributed by atoms with Gasteiger partial charge in [-0.25, -0.2) is 4.79 Å². The Morgan fingerprint density at radius 1 is 1.08 bits per heavy atom. The molecule has 0 aromatic carbocycles. The van der Waals surface area contributed by atoms with Crippen LogP contribution in [0, 0.1) is 5.41 Å². The average molecular weight is 336 g/mol. The fourth-order valence-electron chi connectivity index (χ4n) is 5.61. The zero-order chi connectivity index (χ0) is 16.9. The van der Waals surface area contributed by atoms with Gasteiger partial charge in [-0.1, -0.05) is 0 Å². The predicted molar refractivity (Wildman–Crippen MR) is 92.0 cm³/mol. The third kappa shape index (κ3) is 2.84. The molecule has 3 atom stereocenters. The first-order valence-electron chi connectivity index (χ1n) is 9.71. The summed E-state index contributed by atoms with van der Waals surface area (Å²) in [7, 11) is 0. The van der Waals surface area contributed by atoms with E-state index in [1.54, 1.807) is 0 Å². The number of nitrogens with zero attached hydrogens (tertiary/aromatic N) is 2. The van der Waals surface area contributed by atoms with Crippen molar-refractivity contribution in [2.24, 2.45) is 5.41 Å². The molecule has 4 fully saturated rings. The standard InChI is InChI=1S/C19H32N2O3/c1-18(2,3)24-17(22)21-14-4-5-15(21)13-19(12-14)7-6-16(19)20-8-10-23-11-9-20/h14-16H,4-13H2,1-3H3. The number of hydrogen-bond donors (Lipinski definition) is 0. The molecule has 0 aromatic rings. The van der Waals surface area contributed by atoms with Crippen molar-refractivity contribution >= 4 is 6.09 Å². The van der Waals surface area contributed by atoms with Crippen LogP contribution in [0.25, 0.3) is 0 Å². The fraction of sp³-hybridized carbons (Fsp3) is 0.947. The zero-order valence-corrected chi connectivity index (χ0v) is 15.4. The third-order valence-corrected chi connectivity index (χ3v) is 6.62. The van der Waals surface area contributed by atoms with Crippen LogP contribution in [0.4, 0.5) is 4.79 Å². The smallest absolute Gasteiger partial charge is 0.410 e. The van der Waals surface area contributed by atoms with Crippen molar-refractivity contribution in [1.82, 2.24) is 9.80 Å². The second-order valence-corrected chi connectivity index (χ2v) is 9.25. The number of amides is 1. The highest BCUT2D eigenvalue weighted by Crippen LogP contribution is 2.57. The van der Waals surface area contributed by atoms with Gasteiger partial charge >= 0.3 is 6.09 Å². The molecule has 1 spiro atoms. The van der Waals surface area contributed by atoms with Crippen molar-refractivity contribution in [3.05, 3.63) is 0 Å². The molecule has 136 valence electrons. The Bertz CT molecular complexity index is 481. The van der Waals surface area contributed by atoms with Crippen LogP contribution in [0.1, 0.15) is 59.3 Å². The molecule has 2 bridgehead atoms. The summed E-state index contributed by atoms with van der Waals surface area (Å²) >= 11 is 0. The Kier molecular flexibility index (Phi) is 4.07. The maximum absolute atomic E-state index is 12.7. The Balaban J connectivity index is 1.45. The van der Waals surface area contributed by atoms with E-state index in [9.17, 15) is 4.79 Å². The number of morpholine rings is 1. The van der Waals surface area contributed by atoms with E-state index in [1.165, 1.54) is 25.7 Å². The summed E-state index contributed by atoms with van der Waals surface area (Å²) in [6.07, 6.45) is 7.22. The quantitative estimate of drug-likeness (QED) is 0.738. The Labute approximate surface area is 145 Å². The number of ether oxygens (including phenoxy) is 2. The number of fused-ring (bicyclic) bond motifs is 2. The van der Waals surface area contributed by atoms with Crippen molar-refractivity contribution in [2.75, 3.05) is 26.3 Å². The molecule has 0 radical (unpaired) electrons. The lowest BCUT2D eigenvalue weighted by molar-refractivity contribution is -0.111. The summed E-state index contributed by atoms with van der Waals surface area (Å²) < 4.78 is 11.2. The van der Waals surface area contributed by atoms with Crippen LogP contribution >= 0.6 is 0 Å². The van der Waals surface area contributed by atoms with Crippen molar-refractivity contribution in [2.45, 2.75) is 83.0 Å². The van der Waals surface area contributed by atoms with Crippen LogP contribution < -0.4 is 0 Å². The van der Waals surface area contributed by atoms with Crippen LogP contribution in [-0.2, 0) is 9.47 Å². The first kappa shape index (κ1) is 16.6. The van der Waals surface area contributed by atoms with Gasteiger partial charge in [-0.05, 0) is 64.7 Å². The molecule has 1 aliphatic carbocycles. The van der Waals surface area contributed by atoms with Gasteiger partial charge in [0.05, 0.1) is 13.2 Å². The van der Waals surface area contributed by atoms with E-state index in [0.717, 1.165) is 39.1 Å². The maximum Gasteiger partial charge on any atom is 0.410 e. The molecular weight excluding hydrogens is 304 g/mol. The lowest BCUT2D eigenvalue weighted by Crippen LogP contribution is -2.63. The predicted octanol–water partition coefficient (Wildman–Crippen LogP) is 3.03. The summed E-state index contributed by atoms with van der Waals surface area (Å²) in [5.74, 6) is 0. The largest absolute Gasteiger partial charge is 0.444 e. The normalized spacial score (nSPS) is 39.8. The molecule has 1 saturated carbocycles. The molecule has 3 saturated heterocycles. The molecule has 3 unspecified atom stereocenters. The summed E-state index contributed by atoms with van der Waals surface area (Å²) in [5.41, 5.74) is 0.0418. The second kappa shape index (κ2) is 5.87. The second-order valence-electron chi connectivity index (χ2n) is 9.25. The van der Waals surface area contributed by atoms with Gasteiger partial charge in [-0.15, -0.1) is 0 Å². The monoisotopic (exact) mass is 336 g/mol. The number of piperidine rings is 1. The van der Waals surface area contributed by atoms with Gasteiger partial charge in [0, 0.05) is 31.2 Å². The van der Waals surface area contributed by atoms with E-state index in [0.29, 0.717) is 23.5 Å². The van der Waals surface area contributed by atoms with Gasteiger partial charge in [0.15, 0.2) is 0 Å². The highest BCUT2D eigenvalue weighted by molar-refractivity contribution is 5.69. The van der Waals surface area contributed by atoms with E-state index < -0.39 is 5.60 Å². The summed E-state index contributed by atoms with van der Waals surface area (Å²) in [6, 6.07) is 1.50. The van der Waals surface area contributed by atoms with Crippen LogP contribution in [0.3, 0.4) is 0 Å². The van der Waals surface area contributed by atoms with Crippen LogP contribution in [0.5, 0.6) is 0 Å². The molecule has 0 N–H and O–H groups in total. The Hall–Kier alpha value is -0.810. The summed E-state index contributed by atoms with van der Waals surface area (Å²) in [5, 5.41) is 0. The maximum atomic E-state index is 12.7. The molecule has 24 heavy (non-hydrogen) atoms. The lowest BCUT2D eigenvalue weighted by atomic mass is 9.57. The highest BCUT2D eigenvalue weighted by Gasteiger charge is 2.58. The first-order valence-corrected chi connectivity index (χ1v) is 9.71. The Morgan fingerprint density at radius 2 is 1.71 bits per heavy atom. The lowest BCUT2D eigenvalue weighted by Gasteiger charge is -2.60. The van der Waals surface area contributed by atoms with E-state index in [-0.39, 0.29) is 6.09 Å². The molecule has 3 heterocycles. The van der Waals surface area contributed by atoms with E-state index in [4.69, 9.17) is 9.47 Å². The zero-order valence-electron chi connectivity index (χ0n) is 15.4. The minimum absolute atomic E-state index is 0.0907. The van der Waals surface area contributed by atoms with Gasteiger partial charge in [0.1, 0.15) is 5.60 Å². The van der Waals surface area contributed by atoms with Gasteiger partial charge in [0.25, 0.3) is 0 Å². The van der Waals surface area contributed by atoms with E-state index in [2.05, 4.69) is 9.80 Å². The minimum atomic E-state index is -0.404. The summed E-state index contributed by atoms with van der Waals surface area (Å²) in [4.78, 5) is 17.4. The van der Waals surface area contributed by atoms with Crippen molar-refractivity contribution in [1.29, 1.82) is 0 Å². The van der Waals surface area contributed by atoms with Crippen molar-refractivity contribution < 1.29 is 14.3 Å². The molecule has 5 heteroatoms. The highest BCUT2D eigenvalue weighted by atomic mass is 16.6. The number of carbonyl (C=O) groups is 1. The fourth-order valence-corrected chi connectivity index (χ4v) is 5.61. The SMILES string of the molecule is CC(C)(C)OC(=O)N1C2CCC1CC1(CCC1N1CCOCC1)C2. The van der Waals surface area contributed by atoms with Gasteiger partial charge in [-0.3, -0.25) is 4.90 Å². The third-order valence-electron chi connectivity index (χ3n) is 6.62. The molecule has 5 nitrogen and oxygen atoms in total. The Morgan fingerprint density at radius 3 is 2.21 bits per heavy atom. The number of hydrogen-bond acceptors (Lipinski definition) is 4. The molecule has 3 aliphatic heterocycles. The average Bonchev–Trinajstić information content (AvgIpc) is 2.77. The first-order chi connectivity index (χ1) is 11.4. The van der Waals surface area contributed by atoms with E-state index >= 15 is 0 Å².